The van der Waals surface area contributed by atoms with Gasteiger partial charge in [0.25, 0.3) is 0 Å². The summed E-state index contributed by atoms with van der Waals surface area (Å²) in [5.74, 6) is -0.101. The first-order valence-electron chi connectivity index (χ1n) is 8.97. The molecule has 0 N–H and O–H groups in total. The lowest BCUT2D eigenvalue weighted by molar-refractivity contribution is -0.142. The van der Waals surface area contributed by atoms with E-state index in [1.165, 1.54) is 4.90 Å². The molecule has 6 heteroatoms. The van der Waals surface area contributed by atoms with Gasteiger partial charge in [-0.1, -0.05) is 25.0 Å². The van der Waals surface area contributed by atoms with Crippen LogP contribution in [0.2, 0.25) is 0 Å². The number of amides is 2. The summed E-state index contributed by atoms with van der Waals surface area (Å²) in [6, 6.07) is 8.15. The van der Waals surface area contributed by atoms with Gasteiger partial charge in [-0.05, 0) is 38.9 Å². The lowest BCUT2D eigenvalue weighted by Crippen LogP contribution is -2.41. The first kappa shape index (κ1) is 16.7. The maximum Gasteiger partial charge on any atom is 0.234 e. The van der Waals surface area contributed by atoms with E-state index in [2.05, 4.69) is 13.0 Å². The number of nitrogens with zero attached hydrogens (tertiary/aromatic N) is 3. The molecule has 1 aliphatic carbocycles. The van der Waals surface area contributed by atoms with Crippen molar-refractivity contribution in [3.05, 3.63) is 29.3 Å². The number of aromatic nitrogens is 1. The molecule has 1 saturated carbocycles. The second-order valence-electron chi connectivity index (χ2n) is 7.20. The quantitative estimate of drug-likeness (QED) is 0.787. The van der Waals surface area contributed by atoms with Crippen molar-refractivity contribution in [2.24, 2.45) is 11.8 Å². The maximum atomic E-state index is 12.7. The summed E-state index contributed by atoms with van der Waals surface area (Å²) >= 11 is 1.67. The number of thiazole rings is 1. The van der Waals surface area contributed by atoms with Gasteiger partial charge < -0.3 is 0 Å². The van der Waals surface area contributed by atoms with Crippen LogP contribution in [0.4, 0.5) is 0 Å². The van der Waals surface area contributed by atoms with E-state index < -0.39 is 0 Å². The van der Waals surface area contributed by atoms with Crippen molar-refractivity contribution in [1.82, 2.24) is 14.8 Å². The number of fused-ring (bicyclic) bond motifs is 2. The highest BCUT2D eigenvalue weighted by Gasteiger charge is 2.48. The van der Waals surface area contributed by atoms with E-state index in [4.69, 9.17) is 4.98 Å². The number of benzene rings is 1. The minimum Gasteiger partial charge on any atom is -0.279 e. The van der Waals surface area contributed by atoms with Gasteiger partial charge in [0.15, 0.2) is 0 Å². The van der Waals surface area contributed by atoms with Crippen LogP contribution in [0.15, 0.2) is 24.3 Å². The van der Waals surface area contributed by atoms with Gasteiger partial charge in [0, 0.05) is 0 Å². The van der Waals surface area contributed by atoms with Crippen LogP contribution in [-0.2, 0) is 9.59 Å². The van der Waals surface area contributed by atoms with Crippen LogP contribution in [0.1, 0.15) is 43.7 Å². The number of carbonyl (C=O) groups excluding carboxylic acids is 2. The van der Waals surface area contributed by atoms with Crippen molar-refractivity contribution >= 4 is 33.4 Å². The average molecular weight is 357 g/mol. The predicted octanol–water partition coefficient (Wildman–Crippen LogP) is 3.42. The molecule has 0 bridgehead atoms. The molecule has 0 unspecified atom stereocenters. The Labute approximate surface area is 151 Å². The molecule has 3 atom stereocenters. The van der Waals surface area contributed by atoms with Crippen LogP contribution >= 0.6 is 11.3 Å². The minimum absolute atomic E-state index is 0.0260. The topological polar surface area (TPSA) is 53.5 Å². The number of carbonyl (C=O) groups is 2. The predicted molar refractivity (Wildman–Crippen MR) is 98.0 cm³/mol. The number of likely N-dealkylation sites (tertiary alicyclic amines) is 1. The third kappa shape index (κ3) is 2.87. The molecule has 2 aromatic rings. The Hall–Kier alpha value is -1.79. The monoisotopic (exact) mass is 357 g/mol. The second-order valence-corrected chi connectivity index (χ2v) is 8.26. The number of imide groups is 1. The van der Waals surface area contributed by atoms with Gasteiger partial charge in [0.1, 0.15) is 5.01 Å². The van der Waals surface area contributed by atoms with Gasteiger partial charge >= 0.3 is 0 Å². The molecule has 0 radical (unpaired) electrons. The van der Waals surface area contributed by atoms with Gasteiger partial charge in [-0.25, -0.2) is 4.98 Å². The molecule has 4 rings (SSSR count). The van der Waals surface area contributed by atoms with Gasteiger partial charge in [-0.15, -0.1) is 11.3 Å². The van der Waals surface area contributed by atoms with E-state index in [9.17, 15) is 9.59 Å². The summed E-state index contributed by atoms with van der Waals surface area (Å²) in [7, 11) is 1.96. The fourth-order valence-electron chi connectivity index (χ4n) is 3.97. The lowest BCUT2D eigenvalue weighted by Gasteiger charge is -2.27. The molecule has 1 aromatic heterocycles. The second kappa shape index (κ2) is 6.50. The highest BCUT2D eigenvalue weighted by molar-refractivity contribution is 7.18. The van der Waals surface area contributed by atoms with Crippen molar-refractivity contribution in [2.45, 2.75) is 38.6 Å². The minimum atomic E-state index is -0.0765. The van der Waals surface area contributed by atoms with Crippen LogP contribution in [0.3, 0.4) is 0 Å². The van der Waals surface area contributed by atoms with Crippen molar-refractivity contribution in [3.63, 3.8) is 0 Å². The Bertz CT molecular complexity index is 761. The standard InChI is InChI=1S/C19H23N3O2S/c1-12(17-20-15-9-5-6-10-16(15)25-17)21(2)11-22-18(23)13-7-3-4-8-14(13)19(22)24/h5-6,9-10,12-14H,3-4,7-8,11H2,1-2H3/t12-,13-,14+/m0/s1. The largest absolute Gasteiger partial charge is 0.279 e. The zero-order chi connectivity index (χ0) is 17.6. The Morgan fingerprint density at radius 3 is 2.48 bits per heavy atom. The van der Waals surface area contributed by atoms with E-state index >= 15 is 0 Å². The molecule has 132 valence electrons. The molecule has 25 heavy (non-hydrogen) atoms. The molecule has 2 aliphatic rings. The average Bonchev–Trinajstić information content (AvgIpc) is 3.17. The third-order valence-corrected chi connectivity index (χ3v) is 6.83. The zero-order valence-corrected chi connectivity index (χ0v) is 15.5. The molecule has 1 aromatic carbocycles. The van der Waals surface area contributed by atoms with Crippen molar-refractivity contribution in [2.75, 3.05) is 13.7 Å². The van der Waals surface area contributed by atoms with Crippen LogP contribution in [0, 0.1) is 11.8 Å². The van der Waals surface area contributed by atoms with Gasteiger partial charge in [0.05, 0.1) is 34.8 Å². The maximum absolute atomic E-state index is 12.7. The van der Waals surface area contributed by atoms with Crippen LogP contribution < -0.4 is 0 Å². The summed E-state index contributed by atoms with van der Waals surface area (Å²) in [6.07, 6.45) is 3.85. The van der Waals surface area contributed by atoms with Crippen molar-refractivity contribution in [1.29, 1.82) is 0 Å². The number of para-hydroxylation sites is 1. The van der Waals surface area contributed by atoms with E-state index in [1.54, 1.807) is 11.3 Å². The number of hydrogen-bond acceptors (Lipinski definition) is 5. The molecule has 1 saturated heterocycles. The lowest BCUT2D eigenvalue weighted by atomic mass is 9.81. The fraction of sp³-hybridized carbons (Fsp3) is 0.526. The Balaban J connectivity index is 1.50. The fourth-order valence-corrected chi connectivity index (χ4v) is 5.06. The molecule has 1 aliphatic heterocycles. The first-order chi connectivity index (χ1) is 12.1. The number of hydrogen-bond donors (Lipinski definition) is 0. The molecular formula is C19H23N3O2S. The van der Waals surface area contributed by atoms with Crippen molar-refractivity contribution in [3.8, 4) is 0 Å². The summed E-state index contributed by atoms with van der Waals surface area (Å²) in [6.45, 7) is 2.43. The summed E-state index contributed by atoms with van der Waals surface area (Å²) in [5.41, 5.74) is 1.00. The summed E-state index contributed by atoms with van der Waals surface area (Å²) < 4.78 is 1.16. The van der Waals surface area contributed by atoms with E-state index in [1.807, 2.05) is 30.1 Å². The molecule has 0 spiro atoms. The van der Waals surface area contributed by atoms with E-state index in [0.29, 0.717) is 6.67 Å². The summed E-state index contributed by atoms with van der Waals surface area (Å²) in [4.78, 5) is 33.5. The third-order valence-electron chi connectivity index (χ3n) is 5.63. The van der Waals surface area contributed by atoms with E-state index in [-0.39, 0.29) is 29.7 Å². The van der Waals surface area contributed by atoms with Crippen LogP contribution in [0.25, 0.3) is 10.2 Å². The first-order valence-corrected chi connectivity index (χ1v) is 9.79. The Kier molecular flexibility index (Phi) is 4.33. The van der Waals surface area contributed by atoms with Crippen LogP contribution in [-0.4, -0.2) is 40.3 Å². The highest BCUT2D eigenvalue weighted by atomic mass is 32.1. The normalized spacial score (nSPS) is 25.0. The molecular weight excluding hydrogens is 334 g/mol. The highest BCUT2D eigenvalue weighted by Crippen LogP contribution is 2.38. The van der Waals surface area contributed by atoms with E-state index in [0.717, 1.165) is 40.9 Å². The van der Waals surface area contributed by atoms with Crippen LogP contribution in [0.5, 0.6) is 0 Å². The van der Waals surface area contributed by atoms with Gasteiger partial charge in [-0.2, -0.15) is 0 Å². The molecule has 2 heterocycles. The molecule has 2 amide bonds. The van der Waals surface area contributed by atoms with Crippen molar-refractivity contribution < 1.29 is 9.59 Å². The Morgan fingerprint density at radius 1 is 1.20 bits per heavy atom. The smallest absolute Gasteiger partial charge is 0.234 e. The molecule has 2 fully saturated rings. The SMILES string of the molecule is C[C@@H](c1nc2ccccc2s1)N(C)CN1C(=O)[C@H]2CCCC[C@H]2C1=O. The van der Waals surface area contributed by atoms with Gasteiger partial charge in [0.2, 0.25) is 11.8 Å². The zero-order valence-electron chi connectivity index (χ0n) is 14.6. The Morgan fingerprint density at radius 2 is 1.84 bits per heavy atom. The number of rotatable bonds is 4. The molecule has 5 nitrogen and oxygen atoms in total. The van der Waals surface area contributed by atoms with Gasteiger partial charge in [-0.3, -0.25) is 19.4 Å². The summed E-state index contributed by atoms with van der Waals surface area (Å²) in [5, 5.41) is 1.01.